The summed E-state index contributed by atoms with van der Waals surface area (Å²) in [7, 11) is 0. The Labute approximate surface area is 139 Å². The fourth-order valence-corrected chi connectivity index (χ4v) is 3.35. The minimum absolute atomic E-state index is 0.107. The maximum Gasteiger partial charge on any atom is 0.271 e. The van der Waals surface area contributed by atoms with Crippen LogP contribution in [0.5, 0.6) is 0 Å². The van der Waals surface area contributed by atoms with Crippen LogP contribution in [0, 0.1) is 0 Å². The normalized spacial score (nSPS) is 17.6. The second kappa shape index (κ2) is 7.37. The van der Waals surface area contributed by atoms with E-state index < -0.39 is 6.04 Å². The van der Waals surface area contributed by atoms with Crippen LogP contribution in [-0.2, 0) is 17.6 Å². The third kappa shape index (κ3) is 4.16. The number of carbonyl (C=O) groups excluding carboxylic acids is 2. The molecule has 2 aromatic rings. The van der Waals surface area contributed by atoms with Crippen molar-refractivity contribution in [1.82, 2.24) is 15.6 Å². The SMILES string of the molecule is O=C(N[C@H]1CCCNC1=O)c1csc(CCc2ccccc2)n1. The van der Waals surface area contributed by atoms with Gasteiger partial charge in [0.25, 0.3) is 5.91 Å². The van der Waals surface area contributed by atoms with Crippen molar-refractivity contribution in [3.8, 4) is 0 Å². The molecule has 3 rings (SSSR count). The molecule has 0 saturated carbocycles. The molecule has 5 nitrogen and oxygen atoms in total. The highest BCUT2D eigenvalue weighted by molar-refractivity contribution is 7.09. The third-order valence-electron chi connectivity index (χ3n) is 3.85. The highest BCUT2D eigenvalue weighted by atomic mass is 32.1. The summed E-state index contributed by atoms with van der Waals surface area (Å²) < 4.78 is 0. The van der Waals surface area contributed by atoms with Crippen molar-refractivity contribution in [3.63, 3.8) is 0 Å². The van der Waals surface area contributed by atoms with Crippen LogP contribution < -0.4 is 10.6 Å². The molecule has 1 saturated heterocycles. The van der Waals surface area contributed by atoms with Crippen molar-refractivity contribution in [2.45, 2.75) is 31.7 Å². The van der Waals surface area contributed by atoms with Gasteiger partial charge in [-0.2, -0.15) is 0 Å². The predicted octanol–water partition coefficient (Wildman–Crippen LogP) is 1.94. The van der Waals surface area contributed by atoms with Gasteiger partial charge in [0, 0.05) is 18.3 Å². The van der Waals surface area contributed by atoms with Crippen LogP contribution in [-0.4, -0.2) is 29.4 Å². The lowest BCUT2D eigenvalue weighted by Gasteiger charge is -2.22. The van der Waals surface area contributed by atoms with Crippen LogP contribution in [0.2, 0.25) is 0 Å². The van der Waals surface area contributed by atoms with E-state index in [0.717, 1.165) is 24.3 Å². The summed E-state index contributed by atoms with van der Waals surface area (Å²) in [5.41, 5.74) is 1.66. The van der Waals surface area contributed by atoms with Crippen LogP contribution in [0.25, 0.3) is 0 Å². The molecule has 0 radical (unpaired) electrons. The van der Waals surface area contributed by atoms with Gasteiger partial charge in [0.15, 0.2) is 0 Å². The Morgan fingerprint density at radius 1 is 1.30 bits per heavy atom. The highest BCUT2D eigenvalue weighted by Crippen LogP contribution is 2.14. The van der Waals surface area contributed by atoms with E-state index in [1.165, 1.54) is 16.9 Å². The maximum absolute atomic E-state index is 12.2. The molecule has 2 amide bonds. The van der Waals surface area contributed by atoms with Crippen LogP contribution >= 0.6 is 11.3 Å². The van der Waals surface area contributed by atoms with Gasteiger partial charge in [-0.1, -0.05) is 30.3 Å². The number of nitrogens with one attached hydrogen (secondary N) is 2. The van der Waals surface area contributed by atoms with Crippen LogP contribution in [0.1, 0.15) is 33.9 Å². The fourth-order valence-electron chi connectivity index (χ4n) is 2.57. The van der Waals surface area contributed by atoms with Gasteiger partial charge in [0.2, 0.25) is 5.91 Å². The van der Waals surface area contributed by atoms with Gasteiger partial charge in [-0.25, -0.2) is 4.98 Å². The summed E-state index contributed by atoms with van der Waals surface area (Å²) in [6.45, 7) is 0.686. The minimum atomic E-state index is -0.439. The Morgan fingerprint density at radius 2 is 2.13 bits per heavy atom. The molecule has 0 unspecified atom stereocenters. The van der Waals surface area contributed by atoms with Gasteiger partial charge in [-0.05, 0) is 24.8 Å². The first-order chi connectivity index (χ1) is 11.2. The average Bonchev–Trinajstić information content (AvgIpc) is 3.05. The predicted molar refractivity (Wildman–Crippen MR) is 89.5 cm³/mol. The van der Waals surface area contributed by atoms with E-state index in [4.69, 9.17) is 0 Å². The Bertz CT molecular complexity index is 684. The molecule has 1 fully saturated rings. The Kier molecular flexibility index (Phi) is 5.02. The van der Waals surface area contributed by atoms with Crippen molar-refractivity contribution in [1.29, 1.82) is 0 Å². The number of aryl methyl sites for hydroxylation is 2. The molecule has 2 heterocycles. The summed E-state index contributed by atoms with van der Waals surface area (Å²) in [4.78, 5) is 28.3. The molecule has 0 spiro atoms. The Hall–Kier alpha value is -2.21. The molecule has 0 aliphatic carbocycles. The number of aromatic nitrogens is 1. The Balaban J connectivity index is 1.55. The first-order valence-corrected chi connectivity index (χ1v) is 8.67. The molecule has 1 aliphatic heterocycles. The molecule has 6 heteroatoms. The summed E-state index contributed by atoms with van der Waals surface area (Å²) in [5.74, 6) is -0.376. The lowest BCUT2D eigenvalue weighted by atomic mass is 10.1. The highest BCUT2D eigenvalue weighted by Gasteiger charge is 2.24. The molecule has 2 N–H and O–H groups in total. The van der Waals surface area contributed by atoms with Gasteiger partial charge < -0.3 is 10.6 Å². The van der Waals surface area contributed by atoms with Crippen molar-refractivity contribution < 1.29 is 9.59 Å². The molecule has 23 heavy (non-hydrogen) atoms. The lowest BCUT2D eigenvalue weighted by Crippen LogP contribution is -2.50. The molecular formula is C17H19N3O2S. The van der Waals surface area contributed by atoms with Gasteiger partial charge in [-0.3, -0.25) is 9.59 Å². The second-order valence-electron chi connectivity index (χ2n) is 5.57. The van der Waals surface area contributed by atoms with Crippen LogP contribution in [0.15, 0.2) is 35.7 Å². The van der Waals surface area contributed by atoms with Gasteiger partial charge >= 0.3 is 0 Å². The number of carbonyl (C=O) groups is 2. The number of piperidine rings is 1. The Morgan fingerprint density at radius 3 is 2.91 bits per heavy atom. The van der Waals surface area contributed by atoms with E-state index in [1.54, 1.807) is 5.38 Å². The summed E-state index contributed by atoms with van der Waals surface area (Å²) in [5, 5.41) is 8.22. The number of benzene rings is 1. The largest absolute Gasteiger partial charge is 0.354 e. The summed E-state index contributed by atoms with van der Waals surface area (Å²) in [6.07, 6.45) is 3.28. The standard InChI is InChI=1S/C17H19N3O2S/c21-16-13(7-4-10-18-16)20-17(22)14-11-23-15(19-14)9-8-12-5-2-1-3-6-12/h1-3,5-6,11,13H,4,7-10H2,(H,18,21)(H,20,22)/t13-/m0/s1. The van der Waals surface area contributed by atoms with Crippen LogP contribution in [0.3, 0.4) is 0 Å². The van der Waals surface area contributed by atoms with Gasteiger partial charge in [0.1, 0.15) is 11.7 Å². The maximum atomic E-state index is 12.2. The van der Waals surface area contributed by atoms with Crippen LogP contribution in [0.4, 0.5) is 0 Å². The molecule has 1 aromatic carbocycles. The number of hydrogen-bond acceptors (Lipinski definition) is 4. The van der Waals surface area contributed by atoms with Gasteiger partial charge in [-0.15, -0.1) is 11.3 Å². The molecule has 1 aromatic heterocycles. The number of amides is 2. The smallest absolute Gasteiger partial charge is 0.271 e. The lowest BCUT2D eigenvalue weighted by molar-refractivity contribution is -0.124. The van der Waals surface area contributed by atoms with E-state index in [0.29, 0.717) is 18.7 Å². The average molecular weight is 329 g/mol. The molecule has 1 atom stereocenters. The van der Waals surface area contributed by atoms with E-state index in [1.807, 2.05) is 18.2 Å². The minimum Gasteiger partial charge on any atom is -0.354 e. The quantitative estimate of drug-likeness (QED) is 0.880. The van der Waals surface area contributed by atoms with Crippen molar-refractivity contribution in [2.24, 2.45) is 0 Å². The first-order valence-electron chi connectivity index (χ1n) is 7.79. The molecule has 0 bridgehead atoms. The molecular weight excluding hydrogens is 310 g/mol. The third-order valence-corrected chi connectivity index (χ3v) is 4.75. The van der Waals surface area contributed by atoms with E-state index in [9.17, 15) is 9.59 Å². The monoisotopic (exact) mass is 329 g/mol. The number of hydrogen-bond donors (Lipinski definition) is 2. The van der Waals surface area contributed by atoms with Crippen molar-refractivity contribution in [3.05, 3.63) is 52.0 Å². The topological polar surface area (TPSA) is 71.1 Å². The molecule has 120 valence electrons. The van der Waals surface area contributed by atoms with E-state index in [-0.39, 0.29) is 11.8 Å². The van der Waals surface area contributed by atoms with E-state index >= 15 is 0 Å². The summed E-state index contributed by atoms with van der Waals surface area (Å²) in [6, 6.07) is 9.77. The van der Waals surface area contributed by atoms with Crippen molar-refractivity contribution in [2.75, 3.05) is 6.54 Å². The van der Waals surface area contributed by atoms with Gasteiger partial charge in [0.05, 0.1) is 5.01 Å². The number of nitrogens with zero attached hydrogens (tertiary/aromatic N) is 1. The number of thiazole rings is 1. The van der Waals surface area contributed by atoms with E-state index in [2.05, 4.69) is 27.8 Å². The second-order valence-corrected chi connectivity index (χ2v) is 6.51. The zero-order valence-electron chi connectivity index (χ0n) is 12.7. The van der Waals surface area contributed by atoms with Crippen molar-refractivity contribution >= 4 is 23.2 Å². The number of rotatable bonds is 5. The first kappa shape index (κ1) is 15.7. The fraction of sp³-hybridized carbons (Fsp3) is 0.353. The zero-order chi connectivity index (χ0) is 16.1. The molecule has 1 aliphatic rings. The zero-order valence-corrected chi connectivity index (χ0v) is 13.6. The summed E-state index contributed by atoms with van der Waals surface area (Å²) >= 11 is 1.49.